The minimum Gasteiger partial charge on any atom is -0.200 e. The summed E-state index contributed by atoms with van der Waals surface area (Å²) in [5, 5.41) is 4.21. The second-order valence-corrected chi connectivity index (χ2v) is 6.81. The van der Waals surface area contributed by atoms with E-state index in [-0.39, 0.29) is 4.90 Å². The van der Waals surface area contributed by atoms with E-state index in [1.165, 1.54) is 18.3 Å². The van der Waals surface area contributed by atoms with Crippen LogP contribution in [-0.2, 0) is 10.0 Å². The lowest BCUT2D eigenvalue weighted by molar-refractivity contribution is 0.584. The summed E-state index contributed by atoms with van der Waals surface area (Å²) in [7, 11) is -3.67. The molecular weight excluding hydrogens is 364 g/mol. The molecule has 7 heteroatoms. The average Bonchev–Trinajstić information content (AvgIpc) is 2.41. The van der Waals surface area contributed by atoms with Gasteiger partial charge in [-0.2, -0.15) is 13.5 Å². The Kier molecular flexibility index (Phi) is 4.80. The molecule has 0 unspecified atom stereocenters. The molecule has 20 heavy (non-hydrogen) atoms. The van der Waals surface area contributed by atoms with Gasteiger partial charge >= 0.3 is 0 Å². The summed E-state index contributed by atoms with van der Waals surface area (Å²) < 4.78 is 24.7. The molecule has 0 radical (unpaired) electrons. The lowest BCUT2D eigenvalue weighted by Gasteiger charge is -2.03. The first kappa shape index (κ1) is 15.0. The van der Waals surface area contributed by atoms with Crippen LogP contribution in [0, 0.1) is 0 Å². The highest BCUT2D eigenvalue weighted by atomic mass is 79.9. The van der Waals surface area contributed by atoms with E-state index in [0.29, 0.717) is 10.6 Å². The van der Waals surface area contributed by atoms with Gasteiger partial charge < -0.3 is 0 Å². The van der Waals surface area contributed by atoms with Crippen molar-refractivity contribution in [3.8, 4) is 0 Å². The van der Waals surface area contributed by atoms with Crippen molar-refractivity contribution < 1.29 is 8.42 Å². The summed E-state index contributed by atoms with van der Waals surface area (Å²) in [6.07, 6.45) is 1.36. The van der Waals surface area contributed by atoms with Gasteiger partial charge in [0.2, 0.25) is 0 Å². The highest BCUT2D eigenvalue weighted by Crippen LogP contribution is 2.15. The Morgan fingerprint density at radius 1 is 1.10 bits per heavy atom. The van der Waals surface area contributed by atoms with Gasteiger partial charge in [0, 0.05) is 15.1 Å². The van der Waals surface area contributed by atoms with Crippen molar-refractivity contribution in [1.29, 1.82) is 0 Å². The summed E-state index contributed by atoms with van der Waals surface area (Å²) in [5.74, 6) is 0. The molecular formula is C13H10BrClN2O2S. The van der Waals surface area contributed by atoms with E-state index in [1.54, 1.807) is 36.4 Å². The van der Waals surface area contributed by atoms with E-state index in [2.05, 4.69) is 25.9 Å². The predicted molar refractivity (Wildman–Crippen MR) is 83.5 cm³/mol. The number of hydrazone groups is 1. The minimum atomic E-state index is -3.67. The highest BCUT2D eigenvalue weighted by Gasteiger charge is 2.11. The molecule has 0 fully saturated rings. The molecule has 104 valence electrons. The van der Waals surface area contributed by atoms with Gasteiger partial charge in [-0.1, -0.05) is 45.7 Å². The Morgan fingerprint density at radius 2 is 1.75 bits per heavy atom. The third-order valence-electron chi connectivity index (χ3n) is 2.41. The monoisotopic (exact) mass is 372 g/mol. The quantitative estimate of drug-likeness (QED) is 0.659. The average molecular weight is 374 g/mol. The number of nitrogens with zero attached hydrogens (tertiary/aromatic N) is 1. The summed E-state index contributed by atoms with van der Waals surface area (Å²) in [4.78, 5) is 2.27. The maximum Gasteiger partial charge on any atom is 0.276 e. The van der Waals surface area contributed by atoms with Crippen molar-refractivity contribution in [2.45, 2.75) is 4.90 Å². The summed E-state index contributed by atoms with van der Waals surface area (Å²) in [6.45, 7) is 0. The Morgan fingerprint density at radius 3 is 2.40 bits per heavy atom. The van der Waals surface area contributed by atoms with E-state index in [4.69, 9.17) is 11.6 Å². The molecule has 0 heterocycles. The molecule has 0 bridgehead atoms. The standard InChI is InChI=1S/C13H10BrClN2O2S/c14-11-5-7-12(8-6-11)20(18,19)17-16-9-10-3-1-2-4-13(10)15/h1-9,17H/b16-9+. The fourth-order valence-corrected chi connectivity index (χ4v) is 2.65. The largest absolute Gasteiger partial charge is 0.276 e. The maximum absolute atomic E-state index is 11.9. The van der Waals surface area contributed by atoms with Gasteiger partial charge in [-0.15, -0.1) is 0 Å². The Bertz CT molecular complexity index is 730. The molecule has 0 atom stereocenters. The minimum absolute atomic E-state index is 0.136. The number of sulfonamides is 1. The van der Waals surface area contributed by atoms with Crippen molar-refractivity contribution in [3.63, 3.8) is 0 Å². The fraction of sp³-hybridized carbons (Fsp3) is 0. The second-order valence-electron chi connectivity index (χ2n) is 3.83. The number of hydrogen-bond donors (Lipinski definition) is 1. The molecule has 2 aromatic carbocycles. The Balaban J connectivity index is 2.14. The van der Waals surface area contributed by atoms with E-state index >= 15 is 0 Å². The van der Waals surface area contributed by atoms with Crippen LogP contribution in [-0.4, -0.2) is 14.6 Å². The molecule has 2 aromatic rings. The molecule has 0 aliphatic rings. The summed E-state index contributed by atoms with van der Waals surface area (Å²) in [6, 6.07) is 13.3. The van der Waals surface area contributed by atoms with Crippen LogP contribution in [0.4, 0.5) is 0 Å². The van der Waals surface area contributed by atoms with Gasteiger partial charge in [0.25, 0.3) is 10.0 Å². The van der Waals surface area contributed by atoms with Crippen molar-refractivity contribution >= 4 is 43.8 Å². The van der Waals surface area contributed by atoms with Crippen LogP contribution in [0.15, 0.2) is 63.0 Å². The summed E-state index contributed by atoms with van der Waals surface area (Å²) >= 11 is 9.18. The van der Waals surface area contributed by atoms with Crippen LogP contribution in [0.5, 0.6) is 0 Å². The number of benzene rings is 2. The third kappa shape index (κ3) is 3.82. The first-order valence-electron chi connectivity index (χ1n) is 5.54. The van der Waals surface area contributed by atoms with Gasteiger partial charge in [0.15, 0.2) is 0 Å². The van der Waals surface area contributed by atoms with Crippen LogP contribution in [0.3, 0.4) is 0 Å². The van der Waals surface area contributed by atoms with Crippen molar-refractivity contribution in [1.82, 2.24) is 4.83 Å². The van der Waals surface area contributed by atoms with Gasteiger partial charge in [-0.05, 0) is 30.3 Å². The third-order valence-corrected chi connectivity index (χ3v) is 4.52. The molecule has 0 amide bonds. The second kappa shape index (κ2) is 6.39. The lowest BCUT2D eigenvalue weighted by atomic mass is 10.2. The Hall–Kier alpha value is -1.37. The highest BCUT2D eigenvalue weighted by molar-refractivity contribution is 9.10. The topological polar surface area (TPSA) is 58.5 Å². The van der Waals surface area contributed by atoms with E-state index in [9.17, 15) is 8.42 Å². The molecule has 4 nitrogen and oxygen atoms in total. The first-order chi connectivity index (χ1) is 9.49. The number of hydrogen-bond acceptors (Lipinski definition) is 3. The van der Waals surface area contributed by atoms with Crippen LogP contribution in [0.2, 0.25) is 5.02 Å². The number of rotatable bonds is 4. The zero-order valence-corrected chi connectivity index (χ0v) is 13.3. The summed E-state index contributed by atoms with van der Waals surface area (Å²) in [5.41, 5.74) is 0.632. The van der Waals surface area contributed by atoms with Gasteiger partial charge in [-0.3, -0.25) is 0 Å². The van der Waals surface area contributed by atoms with Crippen LogP contribution < -0.4 is 4.83 Å². The number of nitrogens with one attached hydrogen (secondary N) is 1. The lowest BCUT2D eigenvalue weighted by Crippen LogP contribution is -2.18. The van der Waals surface area contributed by atoms with Gasteiger partial charge in [-0.25, -0.2) is 4.83 Å². The molecule has 1 N–H and O–H groups in total. The molecule has 0 aliphatic heterocycles. The predicted octanol–water partition coefficient (Wildman–Crippen LogP) is 3.41. The molecule has 0 saturated heterocycles. The molecule has 2 rings (SSSR count). The van der Waals surface area contributed by atoms with E-state index in [0.717, 1.165) is 4.47 Å². The van der Waals surface area contributed by atoms with Gasteiger partial charge in [0.05, 0.1) is 11.1 Å². The molecule has 0 spiro atoms. The maximum atomic E-state index is 11.9. The zero-order chi connectivity index (χ0) is 14.6. The van der Waals surface area contributed by atoms with Crippen molar-refractivity contribution in [2.24, 2.45) is 5.10 Å². The normalized spacial score (nSPS) is 11.7. The van der Waals surface area contributed by atoms with Crippen molar-refractivity contribution in [2.75, 3.05) is 0 Å². The van der Waals surface area contributed by atoms with Gasteiger partial charge in [0.1, 0.15) is 0 Å². The fourth-order valence-electron chi connectivity index (χ4n) is 1.41. The SMILES string of the molecule is O=S(=O)(N/N=C/c1ccccc1Cl)c1ccc(Br)cc1. The Labute approximate surface area is 130 Å². The number of halogens is 2. The van der Waals surface area contributed by atoms with Crippen molar-refractivity contribution in [3.05, 3.63) is 63.6 Å². The first-order valence-corrected chi connectivity index (χ1v) is 8.19. The molecule has 0 aliphatic carbocycles. The smallest absolute Gasteiger partial charge is 0.200 e. The zero-order valence-electron chi connectivity index (χ0n) is 10.1. The van der Waals surface area contributed by atoms with Crippen LogP contribution in [0.25, 0.3) is 0 Å². The van der Waals surface area contributed by atoms with E-state index in [1.807, 2.05) is 0 Å². The van der Waals surface area contributed by atoms with Crippen LogP contribution >= 0.6 is 27.5 Å². The molecule has 0 aromatic heterocycles. The molecule has 0 saturated carbocycles. The van der Waals surface area contributed by atoms with E-state index < -0.39 is 10.0 Å². The van der Waals surface area contributed by atoms with Crippen LogP contribution in [0.1, 0.15) is 5.56 Å².